The third kappa shape index (κ3) is 5.84. The lowest BCUT2D eigenvalue weighted by Crippen LogP contribution is -2.54. The summed E-state index contributed by atoms with van der Waals surface area (Å²) in [4.78, 5) is 39.0. The Balaban J connectivity index is 1.53. The molecule has 1 heterocycles. The summed E-state index contributed by atoms with van der Waals surface area (Å²) in [7, 11) is 2.94. The summed E-state index contributed by atoms with van der Waals surface area (Å²) in [6, 6.07) is 17.8. The summed E-state index contributed by atoms with van der Waals surface area (Å²) in [6.07, 6.45) is 1.33. The van der Waals surface area contributed by atoms with E-state index in [4.69, 9.17) is 30.5 Å². The van der Waals surface area contributed by atoms with Crippen molar-refractivity contribution in [3.05, 3.63) is 82.9 Å². The number of carbonyl (C=O) groups excluding carboxylic acids is 3. The minimum atomic E-state index is -0.852. The van der Waals surface area contributed by atoms with Crippen LogP contribution in [0, 0.1) is 0 Å². The normalized spacial score (nSPS) is 14.4. The van der Waals surface area contributed by atoms with Gasteiger partial charge in [-0.1, -0.05) is 29.8 Å². The fourth-order valence-corrected chi connectivity index (χ4v) is 3.85. The number of urea groups is 1. The molecule has 0 bridgehead atoms. The van der Waals surface area contributed by atoms with E-state index >= 15 is 0 Å². The highest BCUT2D eigenvalue weighted by Gasteiger charge is 2.36. The number of rotatable bonds is 9. The summed E-state index contributed by atoms with van der Waals surface area (Å²) in [5.74, 6) is 0.240. The third-order valence-corrected chi connectivity index (χ3v) is 5.62. The van der Waals surface area contributed by atoms with Crippen molar-refractivity contribution < 1.29 is 33.3 Å². The van der Waals surface area contributed by atoms with E-state index < -0.39 is 17.8 Å². The number of ether oxygens (including phenoxy) is 4. The number of hydrogen-bond donors (Lipinski definition) is 1. The van der Waals surface area contributed by atoms with Gasteiger partial charge in [0.1, 0.15) is 30.3 Å². The molecule has 10 heteroatoms. The number of hydrogen-bond acceptors (Lipinski definition) is 7. The van der Waals surface area contributed by atoms with Gasteiger partial charge in [0.25, 0.3) is 11.8 Å². The number of nitrogens with zero attached hydrogens (tertiary/aromatic N) is 1. The fourth-order valence-electron chi connectivity index (χ4n) is 3.57. The van der Waals surface area contributed by atoms with Crippen LogP contribution in [0.3, 0.4) is 0 Å². The van der Waals surface area contributed by atoms with E-state index in [1.54, 1.807) is 18.2 Å². The second-order valence-corrected chi connectivity index (χ2v) is 8.11. The first-order chi connectivity index (χ1) is 17.9. The first kappa shape index (κ1) is 25.6. The smallest absolute Gasteiger partial charge is 0.335 e. The van der Waals surface area contributed by atoms with Gasteiger partial charge in [0.2, 0.25) is 0 Å². The van der Waals surface area contributed by atoms with Gasteiger partial charge in [0.05, 0.1) is 24.9 Å². The average Bonchev–Trinajstić information content (AvgIpc) is 2.90. The highest BCUT2D eigenvalue weighted by atomic mass is 35.5. The van der Waals surface area contributed by atoms with Crippen molar-refractivity contribution in [2.24, 2.45) is 0 Å². The summed E-state index contributed by atoms with van der Waals surface area (Å²) >= 11 is 6.44. The SMILES string of the molecule is COc1ccc(N2C(=O)NC(=O)C(=Cc3cc(Cl)c(OCCOc4ccccc4)c(OC)c3)C2=O)cc1. The standard InChI is InChI=1S/C27H23ClN2O7/c1-34-19-10-8-18(9-11-19)30-26(32)21(25(31)29-27(30)33)14-17-15-22(28)24(23(16-17)35-2)37-13-12-36-20-6-4-3-5-7-20/h3-11,14-16H,12-13H2,1-2H3,(H,29,31,33). The Labute approximate surface area is 218 Å². The van der Waals surface area contributed by atoms with Crippen molar-refractivity contribution in [1.82, 2.24) is 5.32 Å². The molecule has 0 aromatic heterocycles. The molecule has 4 rings (SSSR count). The van der Waals surface area contributed by atoms with Gasteiger partial charge >= 0.3 is 6.03 Å². The zero-order valence-electron chi connectivity index (χ0n) is 20.0. The lowest BCUT2D eigenvalue weighted by molar-refractivity contribution is -0.122. The van der Waals surface area contributed by atoms with Crippen LogP contribution < -0.4 is 29.2 Å². The molecule has 0 unspecified atom stereocenters. The topological polar surface area (TPSA) is 103 Å². The highest BCUT2D eigenvalue weighted by Crippen LogP contribution is 2.37. The Kier molecular flexibility index (Phi) is 7.95. The lowest BCUT2D eigenvalue weighted by atomic mass is 10.1. The van der Waals surface area contributed by atoms with Crippen molar-refractivity contribution in [2.45, 2.75) is 0 Å². The van der Waals surface area contributed by atoms with Crippen LogP contribution >= 0.6 is 11.6 Å². The highest BCUT2D eigenvalue weighted by molar-refractivity contribution is 6.39. The van der Waals surface area contributed by atoms with Crippen molar-refractivity contribution in [3.8, 4) is 23.0 Å². The molecule has 4 amide bonds. The van der Waals surface area contributed by atoms with Gasteiger partial charge in [-0.25, -0.2) is 9.69 Å². The molecule has 1 N–H and O–H groups in total. The largest absolute Gasteiger partial charge is 0.497 e. The Hall–Kier alpha value is -4.50. The molecule has 0 aliphatic carbocycles. The second kappa shape index (κ2) is 11.5. The van der Waals surface area contributed by atoms with E-state index in [0.29, 0.717) is 22.8 Å². The van der Waals surface area contributed by atoms with E-state index in [-0.39, 0.29) is 35.2 Å². The molecule has 37 heavy (non-hydrogen) atoms. The third-order valence-electron chi connectivity index (χ3n) is 5.34. The van der Waals surface area contributed by atoms with Crippen molar-refractivity contribution in [1.29, 1.82) is 0 Å². The number of nitrogens with one attached hydrogen (secondary N) is 1. The Morgan fingerprint density at radius 1 is 0.865 bits per heavy atom. The summed E-state index contributed by atoms with van der Waals surface area (Å²) in [6.45, 7) is 0.477. The van der Waals surface area contributed by atoms with Gasteiger partial charge in [-0.05, 0) is 60.2 Å². The van der Waals surface area contributed by atoms with Gasteiger partial charge in [-0.3, -0.25) is 14.9 Å². The second-order valence-electron chi connectivity index (χ2n) is 7.70. The van der Waals surface area contributed by atoms with Crippen LogP contribution in [0.2, 0.25) is 5.02 Å². The van der Waals surface area contributed by atoms with Crippen LogP contribution in [0.5, 0.6) is 23.0 Å². The minimum Gasteiger partial charge on any atom is -0.497 e. The Morgan fingerprint density at radius 3 is 2.24 bits per heavy atom. The van der Waals surface area contributed by atoms with Crippen molar-refractivity contribution in [2.75, 3.05) is 32.3 Å². The van der Waals surface area contributed by atoms with E-state index in [0.717, 1.165) is 4.90 Å². The monoisotopic (exact) mass is 522 g/mol. The predicted molar refractivity (Wildman–Crippen MR) is 137 cm³/mol. The predicted octanol–water partition coefficient (Wildman–Crippen LogP) is 4.48. The molecular weight excluding hydrogens is 500 g/mol. The van der Waals surface area contributed by atoms with Crippen LogP contribution in [0.4, 0.5) is 10.5 Å². The zero-order chi connectivity index (χ0) is 26.4. The van der Waals surface area contributed by atoms with E-state index in [1.807, 2.05) is 30.3 Å². The molecular formula is C27H23ClN2O7. The number of halogens is 1. The van der Waals surface area contributed by atoms with Gasteiger partial charge < -0.3 is 18.9 Å². The first-order valence-corrected chi connectivity index (χ1v) is 11.5. The number of methoxy groups -OCH3 is 2. The molecule has 1 aliphatic heterocycles. The summed E-state index contributed by atoms with van der Waals surface area (Å²) < 4.78 is 21.9. The first-order valence-electron chi connectivity index (χ1n) is 11.1. The molecule has 3 aromatic rings. The Bertz CT molecular complexity index is 1340. The Morgan fingerprint density at radius 2 is 1.57 bits per heavy atom. The number of barbiturate groups is 1. The minimum absolute atomic E-state index is 0.200. The number of amides is 4. The number of benzene rings is 3. The van der Waals surface area contributed by atoms with Crippen LogP contribution in [0.1, 0.15) is 5.56 Å². The molecule has 0 spiro atoms. The molecule has 9 nitrogen and oxygen atoms in total. The van der Waals surface area contributed by atoms with Gasteiger partial charge in [0, 0.05) is 0 Å². The fraction of sp³-hybridized carbons (Fsp3) is 0.148. The maximum absolute atomic E-state index is 13.1. The van der Waals surface area contributed by atoms with Crippen molar-refractivity contribution in [3.63, 3.8) is 0 Å². The van der Waals surface area contributed by atoms with Crippen LogP contribution in [0.25, 0.3) is 6.08 Å². The number of carbonyl (C=O) groups is 3. The number of imide groups is 2. The van der Waals surface area contributed by atoms with Gasteiger partial charge in [0.15, 0.2) is 11.5 Å². The maximum Gasteiger partial charge on any atom is 0.335 e. The van der Waals surface area contributed by atoms with Crippen LogP contribution in [-0.2, 0) is 9.59 Å². The zero-order valence-corrected chi connectivity index (χ0v) is 20.8. The molecule has 190 valence electrons. The summed E-state index contributed by atoms with van der Waals surface area (Å²) in [5.41, 5.74) is 0.425. The average molecular weight is 523 g/mol. The van der Waals surface area contributed by atoms with Crippen molar-refractivity contribution >= 4 is 41.2 Å². The summed E-state index contributed by atoms with van der Waals surface area (Å²) in [5, 5.41) is 2.39. The van der Waals surface area contributed by atoms with Crippen LogP contribution in [0.15, 0.2) is 72.3 Å². The lowest BCUT2D eigenvalue weighted by Gasteiger charge is -2.26. The molecule has 1 fully saturated rings. The van der Waals surface area contributed by atoms with E-state index in [9.17, 15) is 14.4 Å². The maximum atomic E-state index is 13.1. The molecule has 1 aliphatic rings. The quantitative estimate of drug-likeness (QED) is 0.251. The van der Waals surface area contributed by atoms with Gasteiger partial charge in [-0.2, -0.15) is 0 Å². The number of para-hydroxylation sites is 1. The van der Waals surface area contributed by atoms with E-state index in [1.165, 1.54) is 38.5 Å². The van der Waals surface area contributed by atoms with Crippen LogP contribution in [-0.4, -0.2) is 45.3 Å². The molecule has 0 saturated carbocycles. The van der Waals surface area contributed by atoms with Gasteiger partial charge in [-0.15, -0.1) is 0 Å². The van der Waals surface area contributed by atoms with E-state index in [2.05, 4.69) is 5.32 Å². The molecule has 0 radical (unpaired) electrons. The molecule has 0 atom stereocenters. The number of anilines is 1. The molecule has 3 aromatic carbocycles. The molecule has 1 saturated heterocycles.